The van der Waals surface area contributed by atoms with Gasteiger partial charge in [0.1, 0.15) is 0 Å². The van der Waals surface area contributed by atoms with Crippen LogP contribution >= 0.6 is 0 Å². The third kappa shape index (κ3) is 5.08. The first-order chi connectivity index (χ1) is 14.7. The molecule has 4 rings (SSSR count). The summed E-state index contributed by atoms with van der Waals surface area (Å²) < 4.78 is 0. The van der Waals surface area contributed by atoms with E-state index in [2.05, 4.69) is 29.2 Å². The summed E-state index contributed by atoms with van der Waals surface area (Å²) in [5, 5.41) is 0. The highest BCUT2D eigenvalue weighted by Crippen LogP contribution is 2.20. The third-order valence-corrected chi connectivity index (χ3v) is 6.29. The van der Waals surface area contributed by atoms with Crippen molar-refractivity contribution in [1.29, 1.82) is 0 Å². The number of carbonyl (C=O) groups excluding carboxylic acids is 2. The highest BCUT2D eigenvalue weighted by molar-refractivity contribution is 5.83. The lowest BCUT2D eigenvalue weighted by molar-refractivity contribution is -0.142. The molecule has 5 heteroatoms. The SMILES string of the molecule is O=C(CCCc1ccccc1)N1CCC2C(=O)N(Cc3ccccc3)CCN2CC1. The van der Waals surface area contributed by atoms with Gasteiger partial charge in [0.2, 0.25) is 11.8 Å². The molecule has 0 aliphatic carbocycles. The van der Waals surface area contributed by atoms with Gasteiger partial charge in [-0.15, -0.1) is 0 Å². The van der Waals surface area contributed by atoms with Crippen LogP contribution in [0.3, 0.4) is 0 Å². The molecule has 158 valence electrons. The van der Waals surface area contributed by atoms with E-state index < -0.39 is 0 Å². The fourth-order valence-corrected chi connectivity index (χ4v) is 4.55. The van der Waals surface area contributed by atoms with Crippen molar-refractivity contribution in [2.75, 3.05) is 32.7 Å². The van der Waals surface area contributed by atoms with Gasteiger partial charge in [0.25, 0.3) is 0 Å². The molecule has 2 fully saturated rings. The number of rotatable bonds is 6. The van der Waals surface area contributed by atoms with Gasteiger partial charge in [-0.25, -0.2) is 0 Å². The van der Waals surface area contributed by atoms with E-state index in [0.29, 0.717) is 19.5 Å². The number of carbonyl (C=O) groups is 2. The average molecular weight is 406 g/mol. The molecule has 1 atom stereocenters. The van der Waals surface area contributed by atoms with Crippen LogP contribution < -0.4 is 0 Å². The predicted octanol–water partition coefficient (Wildman–Crippen LogP) is 2.95. The molecule has 2 saturated heterocycles. The van der Waals surface area contributed by atoms with Gasteiger partial charge in [0.15, 0.2) is 0 Å². The number of aryl methyl sites for hydroxylation is 1. The molecule has 2 aliphatic heterocycles. The Morgan fingerprint density at radius 1 is 0.833 bits per heavy atom. The standard InChI is InChI=1S/C25H31N3O2/c29-24(13-7-12-21-8-3-1-4-9-21)27-15-14-23-25(30)28(19-17-26(23)16-18-27)20-22-10-5-2-6-11-22/h1-6,8-11,23H,7,12-20H2. The summed E-state index contributed by atoms with van der Waals surface area (Å²) >= 11 is 0. The number of nitrogens with zero attached hydrogens (tertiary/aromatic N) is 3. The minimum Gasteiger partial charge on any atom is -0.341 e. The second-order valence-corrected chi connectivity index (χ2v) is 8.31. The molecular weight excluding hydrogens is 374 g/mol. The summed E-state index contributed by atoms with van der Waals surface area (Å²) in [7, 11) is 0. The number of benzene rings is 2. The number of hydrogen-bond acceptors (Lipinski definition) is 3. The topological polar surface area (TPSA) is 43.9 Å². The Bertz CT molecular complexity index is 840. The summed E-state index contributed by atoms with van der Waals surface area (Å²) in [4.78, 5) is 32.1. The third-order valence-electron chi connectivity index (χ3n) is 6.29. The van der Waals surface area contributed by atoms with Crippen LogP contribution in [-0.4, -0.2) is 65.3 Å². The van der Waals surface area contributed by atoms with E-state index in [1.807, 2.05) is 46.2 Å². The molecule has 2 heterocycles. The summed E-state index contributed by atoms with van der Waals surface area (Å²) in [6.07, 6.45) is 3.11. The van der Waals surface area contributed by atoms with E-state index in [0.717, 1.165) is 45.4 Å². The molecule has 1 unspecified atom stereocenters. The molecule has 2 aromatic rings. The van der Waals surface area contributed by atoms with Gasteiger partial charge >= 0.3 is 0 Å². The smallest absolute Gasteiger partial charge is 0.240 e. The number of fused-ring (bicyclic) bond motifs is 1. The molecule has 2 amide bonds. The maximum Gasteiger partial charge on any atom is 0.240 e. The second-order valence-electron chi connectivity index (χ2n) is 8.31. The molecule has 0 aromatic heterocycles. The summed E-state index contributed by atoms with van der Waals surface area (Å²) in [6.45, 7) is 4.52. The molecule has 0 N–H and O–H groups in total. The lowest BCUT2D eigenvalue weighted by Crippen LogP contribution is -2.56. The van der Waals surface area contributed by atoms with Crippen molar-refractivity contribution in [2.24, 2.45) is 0 Å². The maximum atomic E-state index is 13.1. The number of piperazine rings is 1. The van der Waals surface area contributed by atoms with Crippen LogP contribution in [-0.2, 0) is 22.6 Å². The number of amides is 2. The Kier molecular flexibility index (Phi) is 6.80. The van der Waals surface area contributed by atoms with Crippen LogP contribution in [0.15, 0.2) is 60.7 Å². The van der Waals surface area contributed by atoms with Gasteiger partial charge in [-0.2, -0.15) is 0 Å². The molecular formula is C25H31N3O2. The molecule has 30 heavy (non-hydrogen) atoms. The molecule has 5 nitrogen and oxygen atoms in total. The van der Waals surface area contributed by atoms with Crippen LogP contribution in [0.25, 0.3) is 0 Å². The highest BCUT2D eigenvalue weighted by atomic mass is 16.2. The first kappa shape index (κ1) is 20.6. The van der Waals surface area contributed by atoms with Crippen molar-refractivity contribution >= 4 is 11.8 Å². The van der Waals surface area contributed by atoms with Gasteiger partial charge in [-0.3, -0.25) is 14.5 Å². The first-order valence-corrected chi connectivity index (χ1v) is 11.1. The molecule has 0 saturated carbocycles. The van der Waals surface area contributed by atoms with E-state index in [1.54, 1.807) is 0 Å². The lowest BCUT2D eigenvalue weighted by Gasteiger charge is -2.39. The highest BCUT2D eigenvalue weighted by Gasteiger charge is 2.36. The molecule has 0 radical (unpaired) electrons. The van der Waals surface area contributed by atoms with E-state index in [-0.39, 0.29) is 17.9 Å². The van der Waals surface area contributed by atoms with Gasteiger partial charge in [-0.05, 0) is 30.4 Å². The predicted molar refractivity (Wildman–Crippen MR) is 118 cm³/mol. The van der Waals surface area contributed by atoms with Crippen molar-refractivity contribution in [2.45, 2.75) is 38.3 Å². The van der Waals surface area contributed by atoms with E-state index in [4.69, 9.17) is 0 Å². The zero-order valence-corrected chi connectivity index (χ0v) is 17.6. The van der Waals surface area contributed by atoms with Crippen LogP contribution in [0.5, 0.6) is 0 Å². The first-order valence-electron chi connectivity index (χ1n) is 11.1. The lowest BCUT2D eigenvalue weighted by atomic mass is 10.1. The van der Waals surface area contributed by atoms with Gasteiger partial charge in [-0.1, -0.05) is 60.7 Å². The van der Waals surface area contributed by atoms with E-state index in [9.17, 15) is 9.59 Å². The van der Waals surface area contributed by atoms with Crippen molar-refractivity contribution in [3.63, 3.8) is 0 Å². The van der Waals surface area contributed by atoms with Crippen molar-refractivity contribution in [1.82, 2.24) is 14.7 Å². The maximum absolute atomic E-state index is 13.1. The fraction of sp³-hybridized carbons (Fsp3) is 0.440. The monoisotopic (exact) mass is 405 g/mol. The average Bonchev–Trinajstić information content (AvgIpc) is 3.00. The quantitative estimate of drug-likeness (QED) is 0.742. The van der Waals surface area contributed by atoms with Crippen molar-refractivity contribution in [3.05, 3.63) is 71.8 Å². The Balaban J connectivity index is 1.28. The molecule has 2 aromatic carbocycles. The molecule has 0 bridgehead atoms. The zero-order valence-electron chi connectivity index (χ0n) is 17.6. The van der Waals surface area contributed by atoms with Crippen molar-refractivity contribution in [3.8, 4) is 0 Å². The number of hydrogen-bond donors (Lipinski definition) is 0. The zero-order chi connectivity index (χ0) is 20.8. The van der Waals surface area contributed by atoms with Gasteiger partial charge < -0.3 is 9.80 Å². The Morgan fingerprint density at radius 2 is 1.50 bits per heavy atom. The van der Waals surface area contributed by atoms with E-state index >= 15 is 0 Å². The van der Waals surface area contributed by atoms with Gasteiger partial charge in [0.05, 0.1) is 6.04 Å². The van der Waals surface area contributed by atoms with Crippen LogP contribution in [0, 0.1) is 0 Å². The van der Waals surface area contributed by atoms with Gasteiger partial charge in [0, 0.05) is 45.7 Å². The van der Waals surface area contributed by atoms with Crippen molar-refractivity contribution < 1.29 is 9.59 Å². The van der Waals surface area contributed by atoms with Crippen LogP contribution in [0.1, 0.15) is 30.4 Å². The Morgan fingerprint density at radius 3 is 2.23 bits per heavy atom. The van der Waals surface area contributed by atoms with Crippen LogP contribution in [0.4, 0.5) is 0 Å². The largest absolute Gasteiger partial charge is 0.341 e. The summed E-state index contributed by atoms with van der Waals surface area (Å²) in [6, 6.07) is 20.4. The summed E-state index contributed by atoms with van der Waals surface area (Å²) in [5.74, 6) is 0.433. The molecule has 0 spiro atoms. The minimum atomic E-state index is -0.0930. The van der Waals surface area contributed by atoms with E-state index in [1.165, 1.54) is 11.1 Å². The fourth-order valence-electron chi connectivity index (χ4n) is 4.55. The Labute approximate surface area is 179 Å². The Hall–Kier alpha value is -2.66. The minimum absolute atomic E-state index is 0.0930. The second kappa shape index (κ2) is 9.90. The van der Waals surface area contributed by atoms with Crippen LogP contribution in [0.2, 0.25) is 0 Å². The summed E-state index contributed by atoms with van der Waals surface area (Å²) in [5.41, 5.74) is 2.45. The normalized spacial score (nSPS) is 20.0. The molecule has 2 aliphatic rings.